The van der Waals surface area contributed by atoms with E-state index in [1.165, 1.54) is 96.3 Å². The molecule has 4 N–H and O–H groups in total. The first-order chi connectivity index (χ1) is 22.9. The monoisotopic (exact) mass is 663 g/mol. The first-order valence-electron chi connectivity index (χ1n) is 19.7. The van der Waals surface area contributed by atoms with Crippen LogP contribution >= 0.6 is 0 Å². The number of esters is 1. The Kier molecular flexibility index (Phi) is 33.6. The minimum absolute atomic E-state index is 0.0989. The van der Waals surface area contributed by atoms with Crippen molar-refractivity contribution >= 4 is 17.8 Å². The summed E-state index contributed by atoms with van der Waals surface area (Å²) in [5.74, 6) is -1.34. The van der Waals surface area contributed by atoms with Gasteiger partial charge in [-0.2, -0.15) is 0 Å². The maximum atomic E-state index is 12.6. The molecule has 2 unspecified atom stereocenters. The number of amides is 1. The molecule has 274 valence electrons. The Morgan fingerprint density at radius 3 is 1.68 bits per heavy atom. The number of carboxylic acid groups (broad SMARTS) is 1. The molecule has 0 saturated carbocycles. The van der Waals surface area contributed by atoms with Crippen LogP contribution in [0, 0.1) is 0 Å². The standard InChI is InChI=1S/C40H74N2O5/c1-3-5-7-9-11-12-13-14-15-16-17-18-19-20-22-28-34-39(44)47-36(30-25-21-10-8-6-4-2)31-26-23-24-27-33-38(43)42-37(40(45)46)32-29-35-41/h15-16,25,30,36-37H,3-14,17-24,26-29,31-35,41H2,1-2H3,(H,42,43)(H,45,46)/b16-15-,30-25-. The third kappa shape index (κ3) is 32.2. The maximum Gasteiger partial charge on any atom is 0.326 e. The largest absolute Gasteiger partial charge is 0.480 e. The van der Waals surface area contributed by atoms with Crippen molar-refractivity contribution in [1.29, 1.82) is 0 Å². The summed E-state index contributed by atoms with van der Waals surface area (Å²) in [6.45, 7) is 4.88. The molecule has 7 heteroatoms. The number of nitrogens with two attached hydrogens (primary N) is 1. The molecule has 0 aliphatic rings. The molecule has 2 atom stereocenters. The van der Waals surface area contributed by atoms with Crippen molar-refractivity contribution in [1.82, 2.24) is 5.32 Å². The van der Waals surface area contributed by atoms with Crippen molar-refractivity contribution in [3.63, 3.8) is 0 Å². The van der Waals surface area contributed by atoms with E-state index in [4.69, 9.17) is 10.5 Å². The lowest BCUT2D eigenvalue weighted by molar-refractivity contribution is -0.147. The quantitative estimate of drug-likeness (QED) is 0.0353. The normalized spacial score (nSPS) is 12.9. The maximum absolute atomic E-state index is 12.6. The predicted molar refractivity (Wildman–Crippen MR) is 197 cm³/mol. The van der Waals surface area contributed by atoms with Crippen molar-refractivity contribution in [3.05, 3.63) is 24.3 Å². The molecule has 0 rings (SSSR count). The average molecular weight is 663 g/mol. The summed E-state index contributed by atoms with van der Waals surface area (Å²) in [6.07, 6.45) is 38.1. The molecule has 0 heterocycles. The van der Waals surface area contributed by atoms with Crippen molar-refractivity contribution in [2.75, 3.05) is 6.54 Å². The Labute approximate surface area is 289 Å². The number of allylic oxidation sites excluding steroid dienone is 3. The zero-order chi connectivity index (χ0) is 34.6. The highest BCUT2D eigenvalue weighted by Gasteiger charge is 2.19. The van der Waals surface area contributed by atoms with E-state index in [1.54, 1.807) is 0 Å². The van der Waals surface area contributed by atoms with Crippen LogP contribution in [0.15, 0.2) is 24.3 Å². The van der Waals surface area contributed by atoms with E-state index in [-0.39, 0.29) is 18.0 Å². The number of nitrogens with one attached hydrogen (secondary N) is 1. The van der Waals surface area contributed by atoms with Gasteiger partial charge in [0.2, 0.25) is 5.91 Å². The lowest BCUT2D eigenvalue weighted by Crippen LogP contribution is -2.40. The Bertz CT molecular complexity index is 797. The number of carbonyl (C=O) groups is 3. The molecule has 0 aliphatic heterocycles. The van der Waals surface area contributed by atoms with Crippen molar-refractivity contribution in [3.8, 4) is 0 Å². The van der Waals surface area contributed by atoms with Gasteiger partial charge in [0.25, 0.3) is 0 Å². The topological polar surface area (TPSA) is 119 Å². The van der Waals surface area contributed by atoms with Crippen LogP contribution < -0.4 is 11.1 Å². The third-order valence-corrected chi connectivity index (χ3v) is 8.72. The summed E-state index contributed by atoms with van der Waals surface area (Å²) < 4.78 is 5.88. The lowest BCUT2D eigenvalue weighted by Gasteiger charge is -2.15. The van der Waals surface area contributed by atoms with E-state index in [2.05, 4.69) is 43.5 Å². The fourth-order valence-electron chi connectivity index (χ4n) is 5.71. The van der Waals surface area contributed by atoms with Crippen LogP contribution in [-0.2, 0) is 19.1 Å². The summed E-state index contributed by atoms with van der Waals surface area (Å²) in [7, 11) is 0. The molecule has 0 fully saturated rings. The van der Waals surface area contributed by atoms with Crippen LogP contribution in [0.25, 0.3) is 0 Å². The molecule has 0 saturated heterocycles. The van der Waals surface area contributed by atoms with Crippen LogP contribution in [0.5, 0.6) is 0 Å². The second kappa shape index (κ2) is 35.2. The zero-order valence-electron chi connectivity index (χ0n) is 30.6. The first kappa shape index (κ1) is 44.9. The summed E-state index contributed by atoms with van der Waals surface area (Å²) in [4.78, 5) is 36.1. The number of carbonyl (C=O) groups excluding carboxylic acids is 2. The van der Waals surface area contributed by atoms with Gasteiger partial charge in [-0.15, -0.1) is 0 Å². The van der Waals surface area contributed by atoms with Gasteiger partial charge in [0, 0.05) is 12.8 Å². The Morgan fingerprint density at radius 1 is 0.617 bits per heavy atom. The molecule has 0 aromatic carbocycles. The fraction of sp³-hybridized carbons (Fsp3) is 0.825. The number of rotatable bonds is 35. The summed E-state index contributed by atoms with van der Waals surface area (Å²) in [5, 5.41) is 11.9. The van der Waals surface area contributed by atoms with Crippen LogP contribution in [0.4, 0.5) is 0 Å². The molecule has 0 spiro atoms. The fourth-order valence-corrected chi connectivity index (χ4v) is 5.71. The van der Waals surface area contributed by atoms with Crippen LogP contribution in [0.3, 0.4) is 0 Å². The Balaban J connectivity index is 4.19. The molecule has 0 aromatic heterocycles. The van der Waals surface area contributed by atoms with Gasteiger partial charge in [-0.25, -0.2) is 4.79 Å². The highest BCUT2D eigenvalue weighted by molar-refractivity contribution is 5.83. The van der Waals surface area contributed by atoms with Crippen molar-refractivity contribution < 1.29 is 24.2 Å². The van der Waals surface area contributed by atoms with Gasteiger partial charge >= 0.3 is 11.9 Å². The van der Waals surface area contributed by atoms with Crippen molar-refractivity contribution in [2.24, 2.45) is 5.73 Å². The highest BCUT2D eigenvalue weighted by Crippen LogP contribution is 2.15. The van der Waals surface area contributed by atoms with E-state index in [1.807, 2.05) is 0 Å². The highest BCUT2D eigenvalue weighted by atomic mass is 16.5. The molecule has 47 heavy (non-hydrogen) atoms. The lowest BCUT2D eigenvalue weighted by atomic mass is 10.1. The van der Waals surface area contributed by atoms with Gasteiger partial charge in [-0.3, -0.25) is 9.59 Å². The number of ether oxygens (including phenoxy) is 1. The molecule has 0 radical (unpaired) electrons. The van der Waals surface area contributed by atoms with Gasteiger partial charge < -0.3 is 20.9 Å². The molecule has 1 amide bonds. The van der Waals surface area contributed by atoms with Crippen LogP contribution in [0.2, 0.25) is 0 Å². The molecule has 0 bridgehead atoms. The number of hydrogen-bond donors (Lipinski definition) is 3. The number of aliphatic carboxylic acids is 1. The van der Waals surface area contributed by atoms with Crippen LogP contribution in [0.1, 0.15) is 194 Å². The third-order valence-electron chi connectivity index (χ3n) is 8.72. The number of hydrogen-bond acceptors (Lipinski definition) is 5. The summed E-state index contributed by atoms with van der Waals surface area (Å²) >= 11 is 0. The number of unbranched alkanes of at least 4 members (excludes halogenated alkanes) is 19. The van der Waals surface area contributed by atoms with E-state index in [0.717, 1.165) is 51.4 Å². The molecular weight excluding hydrogens is 588 g/mol. The number of carboxylic acids is 1. The minimum atomic E-state index is -1.02. The minimum Gasteiger partial charge on any atom is -0.480 e. The van der Waals surface area contributed by atoms with Crippen molar-refractivity contribution in [2.45, 2.75) is 206 Å². The smallest absolute Gasteiger partial charge is 0.326 e. The van der Waals surface area contributed by atoms with Gasteiger partial charge in [-0.05, 0) is 89.7 Å². The summed E-state index contributed by atoms with van der Waals surface area (Å²) in [5.41, 5.74) is 5.47. The van der Waals surface area contributed by atoms with Gasteiger partial charge in [0.1, 0.15) is 12.1 Å². The van der Waals surface area contributed by atoms with Gasteiger partial charge in [-0.1, -0.05) is 122 Å². The van der Waals surface area contributed by atoms with E-state index >= 15 is 0 Å². The second-order valence-electron chi connectivity index (χ2n) is 13.3. The molecule has 0 aromatic rings. The SMILES string of the molecule is CCCCCC/C=C\C(CCCCCCC(=O)NC(CCCN)C(=O)O)OC(=O)CCCCCCC/C=C\CCCCCCCCC. The van der Waals surface area contributed by atoms with Gasteiger partial charge in [0.05, 0.1) is 0 Å². The predicted octanol–water partition coefficient (Wildman–Crippen LogP) is 10.5. The average Bonchev–Trinajstić information content (AvgIpc) is 3.05. The Morgan fingerprint density at radius 2 is 1.11 bits per heavy atom. The molecular formula is C40H74N2O5. The zero-order valence-corrected chi connectivity index (χ0v) is 30.6. The molecule has 0 aliphatic carbocycles. The van der Waals surface area contributed by atoms with E-state index in [9.17, 15) is 19.5 Å². The summed E-state index contributed by atoms with van der Waals surface area (Å²) in [6, 6.07) is -0.869. The van der Waals surface area contributed by atoms with Gasteiger partial charge in [0.15, 0.2) is 0 Å². The van der Waals surface area contributed by atoms with E-state index in [0.29, 0.717) is 38.6 Å². The first-order valence-corrected chi connectivity index (χ1v) is 19.7. The van der Waals surface area contributed by atoms with Crippen LogP contribution in [-0.4, -0.2) is 41.6 Å². The molecule has 7 nitrogen and oxygen atoms in total. The second-order valence-corrected chi connectivity index (χ2v) is 13.3. The Hall–Kier alpha value is -2.15. The van der Waals surface area contributed by atoms with E-state index < -0.39 is 12.0 Å².